The average Bonchev–Trinajstić information content (AvgIpc) is 3.16. The zero-order chi connectivity index (χ0) is 16.6. The number of fused-ring (bicyclic) bond motifs is 2. The van der Waals surface area contributed by atoms with Crippen LogP contribution in [0.3, 0.4) is 0 Å². The predicted molar refractivity (Wildman–Crippen MR) is 98.0 cm³/mol. The molecule has 0 saturated carbocycles. The predicted octanol–water partition coefficient (Wildman–Crippen LogP) is 6.27. The molecule has 1 aliphatic rings. The van der Waals surface area contributed by atoms with Crippen molar-refractivity contribution < 1.29 is 9.15 Å². The van der Waals surface area contributed by atoms with E-state index < -0.39 is 0 Å². The lowest BCUT2D eigenvalue weighted by Gasteiger charge is -2.21. The highest BCUT2D eigenvalue weighted by molar-refractivity contribution is 7.99. The number of hydrogen-bond donors (Lipinski definition) is 0. The Morgan fingerprint density at radius 2 is 1.56 bits per heavy atom. The summed E-state index contributed by atoms with van der Waals surface area (Å²) in [7, 11) is 0. The van der Waals surface area contributed by atoms with Crippen LogP contribution in [0.4, 0.5) is 0 Å². The van der Waals surface area contributed by atoms with Gasteiger partial charge in [0.15, 0.2) is 0 Å². The Labute approximate surface area is 149 Å². The second-order valence-electron chi connectivity index (χ2n) is 5.69. The van der Waals surface area contributed by atoms with Crippen LogP contribution in [0.25, 0.3) is 22.7 Å². The second kappa shape index (κ2) is 5.83. The number of oxazole rings is 1. The normalized spacial score (nSPS) is 12.2. The van der Waals surface area contributed by atoms with Crippen molar-refractivity contribution in [3.05, 3.63) is 79.1 Å². The highest BCUT2D eigenvalue weighted by atomic mass is 32.2. The first kappa shape index (κ1) is 14.4. The number of aromatic nitrogens is 1. The van der Waals surface area contributed by atoms with Crippen LogP contribution in [0.5, 0.6) is 11.5 Å². The molecule has 0 bridgehead atoms. The average molecular weight is 343 g/mol. The number of hydrogen-bond acceptors (Lipinski definition) is 4. The summed E-state index contributed by atoms with van der Waals surface area (Å²) in [6.45, 7) is 0. The second-order valence-corrected chi connectivity index (χ2v) is 6.74. The van der Waals surface area contributed by atoms with Crippen molar-refractivity contribution in [2.45, 2.75) is 9.79 Å². The lowest BCUT2D eigenvalue weighted by Crippen LogP contribution is -1.96. The lowest BCUT2D eigenvalue weighted by atomic mass is 10.1. The van der Waals surface area contributed by atoms with Gasteiger partial charge in [0.05, 0.1) is 9.79 Å². The van der Waals surface area contributed by atoms with Crippen LogP contribution in [0.2, 0.25) is 0 Å². The van der Waals surface area contributed by atoms with E-state index in [2.05, 4.69) is 17.1 Å². The minimum atomic E-state index is 0.621. The van der Waals surface area contributed by atoms with Crippen LogP contribution in [0, 0.1) is 0 Å². The van der Waals surface area contributed by atoms with Crippen LogP contribution >= 0.6 is 11.8 Å². The Bertz CT molecular complexity index is 1060. The van der Waals surface area contributed by atoms with E-state index in [1.165, 1.54) is 0 Å². The van der Waals surface area contributed by atoms with E-state index >= 15 is 0 Å². The summed E-state index contributed by atoms with van der Waals surface area (Å²) >= 11 is 1.70. The Hall–Kier alpha value is -2.98. The largest absolute Gasteiger partial charge is 0.455 e. The molecule has 4 heteroatoms. The van der Waals surface area contributed by atoms with Crippen LogP contribution in [0.15, 0.2) is 93.3 Å². The maximum atomic E-state index is 6.05. The van der Waals surface area contributed by atoms with Gasteiger partial charge in [-0.05, 0) is 30.3 Å². The molecule has 0 unspecified atom stereocenters. The van der Waals surface area contributed by atoms with Crippen molar-refractivity contribution in [1.82, 2.24) is 4.98 Å². The molecule has 1 aromatic heterocycles. The van der Waals surface area contributed by atoms with Gasteiger partial charge in [-0.3, -0.25) is 0 Å². The summed E-state index contributed by atoms with van der Waals surface area (Å²) in [5.74, 6) is 2.36. The Morgan fingerprint density at radius 1 is 0.760 bits per heavy atom. The first-order valence-corrected chi connectivity index (χ1v) is 8.79. The number of nitrogens with zero attached hydrogens (tertiary/aromatic N) is 1. The summed E-state index contributed by atoms with van der Waals surface area (Å²) in [6, 6.07) is 24.0. The zero-order valence-corrected chi connectivity index (χ0v) is 14.0. The van der Waals surface area contributed by atoms with Crippen molar-refractivity contribution in [2.24, 2.45) is 0 Å². The fraction of sp³-hybridized carbons (Fsp3) is 0. The van der Waals surface area contributed by atoms with E-state index in [1.807, 2.05) is 60.7 Å². The topological polar surface area (TPSA) is 35.3 Å². The quantitative estimate of drug-likeness (QED) is 0.379. The van der Waals surface area contributed by atoms with Crippen molar-refractivity contribution in [2.75, 3.05) is 0 Å². The van der Waals surface area contributed by atoms with Crippen LogP contribution < -0.4 is 4.74 Å². The Balaban J connectivity index is 1.58. The van der Waals surface area contributed by atoms with Crippen LogP contribution in [0.1, 0.15) is 0 Å². The van der Waals surface area contributed by atoms with Gasteiger partial charge in [0.2, 0.25) is 5.89 Å². The molecule has 3 nitrogen and oxygen atoms in total. The maximum Gasteiger partial charge on any atom is 0.226 e. The van der Waals surface area contributed by atoms with Gasteiger partial charge in [0.25, 0.3) is 0 Å². The van der Waals surface area contributed by atoms with E-state index in [0.717, 1.165) is 38.1 Å². The van der Waals surface area contributed by atoms with E-state index in [-0.39, 0.29) is 0 Å². The Morgan fingerprint density at radius 3 is 2.48 bits per heavy atom. The molecule has 2 heterocycles. The molecule has 0 saturated heterocycles. The van der Waals surface area contributed by atoms with E-state index in [0.29, 0.717) is 5.89 Å². The maximum absolute atomic E-state index is 6.05. The highest BCUT2D eigenvalue weighted by Gasteiger charge is 2.22. The number of benzene rings is 3. The van der Waals surface area contributed by atoms with E-state index in [4.69, 9.17) is 9.15 Å². The van der Waals surface area contributed by atoms with Gasteiger partial charge in [-0.15, -0.1) is 0 Å². The summed E-state index contributed by atoms with van der Waals surface area (Å²) in [5, 5.41) is 0. The van der Waals surface area contributed by atoms with Gasteiger partial charge in [0.1, 0.15) is 23.5 Å². The molecule has 0 aliphatic carbocycles. The first-order chi connectivity index (χ1) is 12.4. The molecule has 0 fully saturated rings. The molecule has 5 rings (SSSR count). The Kier molecular flexibility index (Phi) is 3.35. The van der Waals surface area contributed by atoms with Crippen molar-refractivity contribution in [1.29, 1.82) is 0 Å². The third-order valence-electron chi connectivity index (χ3n) is 4.06. The number of ether oxygens (including phenoxy) is 1. The summed E-state index contributed by atoms with van der Waals surface area (Å²) < 4.78 is 11.8. The highest BCUT2D eigenvalue weighted by Crippen LogP contribution is 2.50. The van der Waals surface area contributed by atoms with Crippen molar-refractivity contribution in [3.63, 3.8) is 0 Å². The molecule has 1 aliphatic heterocycles. The number of para-hydroxylation sites is 1. The summed E-state index contributed by atoms with van der Waals surface area (Å²) in [6.07, 6.45) is 1.71. The molecular formula is C21H13NO2S. The minimum absolute atomic E-state index is 0.621. The van der Waals surface area contributed by atoms with Gasteiger partial charge in [-0.1, -0.05) is 54.2 Å². The monoisotopic (exact) mass is 343 g/mol. The zero-order valence-electron chi connectivity index (χ0n) is 13.2. The summed E-state index contributed by atoms with van der Waals surface area (Å²) in [5.41, 5.74) is 2.79. The van der Waals surface area contributed by atoms with Crippen LogP contribution in [-0.2, 0) is 0 Å². The van der Waals surface area contributed by atoms with Gasteiger partial charge < -0.3 is 9.15 Å². The first-order valence-electron chi connectivity index (χ1n) is 7.97. The summed E-state index contributed by atoms with van der Waals surface area (Å²) in [4.78, 5) is 6.85. The van der Waals surface area contributed by atoms with Gasteiger partial charge in [0, 0.05) is 11.1 Å². The molecule has 25 heavy (non-hydrogen) atoms. The van der Waals surface area contributed by atoms with Crippen molar-refractivity contribution >= 4 is 11.8 Å². The van der Waals surface area contributed by atoms with E-state index in [9.17, 15) is 0 Å². The molecule has 0 N–H and O–H groups in total. The molecule has 0 atom stereocenters. The molecule has 0 radical (unpaired) electrons. The molecule has 0 amide bonds. The molecule has 3 aromatic carbocycles. The van der Waals surface area contributed by atoms with Gasteiger partial charge in [-0.2, -0.15) is 0 Å². The molecule has 4 aromatic rings. The lowest BCUT2D eigenvalue weighted by molar-refractivity contribution is 0.455. The smallest absolute Gasteiger partial charge is 0.226 e. The van der Waals surface area contributed by atoms with E-state index in [1.54, 1.807) is 18.0 Å². The molecular weight excluding hydrogens is 330 g/mol. The van der Waals surface area contributed by atoms with Gasteiger partial charge in [-0.25, -0.2) is 4.98 Å². The fourth-order valence-electron chi connectivity index (χ4n) is 2.86. The molecule has 120 valence electrons. The SMILES string of the molecule is c1ccc(-c2nc(-c3cccc4c3Sc3ccccc3O4)co2)cc1. The van der Waals surface area contributed by atoms with Gasteiger partial charge >= 0.3 is 0 Å². The minimum Gasteiger partial charge on any atom is -0.455 e. The van der Waals surface area contributed by atoms with Crippen LogP contribution in [-0.4, -0.2) is 4.98 Å². The van der Waals surface area contributed by atoms with Crippen molar-refractivity contribution in [3.8, 4) is 34.2 Å². The standard InChI is InChI=1S/C21H13NO2S/c1-2-7-14(8-3-1)21-22-16(13-23-21)15-9-6-11-18-20(15)25-19-12-5-4-10-17(19)24-18/h1-13H. The third-order valence-corrected chi connectivity index (χ3v) is 5.24. The third kappa shape index (κ3) is 2.51. The molecule has 0 spiro atoms. The number of rotatable bonds is 2. The fourth-order valence-corrected chi connectivity index (χ4v) is 3.93.